The van der Waals surface area contributed by atoms with Crippen molar-refractivity contribution in [2.75, 3.05) is 25.7 Å². The van der Waals surface area contributed by atoms with E-state index >= 15 is 0 Å². The minimum absolute atomic E-state index is 0.251. The molecule has 8 nitrogen and oxygen atoms in total. The maximum Gasteiger partial charge on any atom is 0.420 e. The van der Waals surface area contributed by atoms with E-state index in [0.717, 1.165) is 11.1 Å². The minimum atomic E-state index is -0.517. The van der Waals surface area contributed by atoms with E-state index in [1.165, 1.54) is 0 Å². The molecule has 2 amide bonds. The van der Waals surface area contributed by atoms with Crippen LogP contribution in [-0.4, -0.2) is 44.0 Å². The number of ether oxygens (including phenoxy) is 4. The van der Waals surface area contributed by atoms with Gasteiger partial charge in [0.2, 0.25) is 0 Å². The number of amides is 2. The molecule has 0 spiro atoms. The molecule has 8 heteroatoms. The summed E-state index contributed by atoms with van der Waals surface area (Å²) in [5.41, 5.74) is 2.30. The molecule has 1 aliphatic heterocycles. The number of anilines is 1. The first-order valence-corrected chi connectivity index (χ1v) is 12.3. The molecule has 3 aromatic rings. The zero-order valence-electron chi connectivity index (χ0n) is 21.5. The number of rotatable bonds is 7. The van der Waals surface area contributed by atoms with Gasteiger partial charge in [-0.3, -0.25) is 9.80 Å². The summed E-state index contributed by atoms with van der Waals surface area (Å²) in [6.45, 7) is 4.32. The van der Waals surface area contributed by atoms with Gasteiger partial charge < -0.3 is 18.9 Å². The number of hydrogen-bond donors (Lipinski definition) is 0. The fraction of sp³-hybridized carbons (Fsp3) is 0.310. The van der Waals surface area contributed by atoms with Gasteiger partial charge in [0, 0.05) is 24.2 Å². The fourth-order valence-electron chi connectivity index (χ4n) is 4.65. The lowest BCUT2D eigenvalue weighted by Crippen LogP contribution is -2.48. The van der Waals surface area contributed by atoms with Crippen LogP contribution < -0.4 is 19.1 Å². The maximum atomic E-state index is 13.4. The van der Waals surface area contributed by atoms with E-state index in [-0.39, 0.29) is 18.7 Å². The highest BCUT2D eigenvalue weighted by molar-refractivity contribution is 5.92. The third-order valence-corrected chi connectivity index (χ3v) is 6.38. The van der Waals surface area contributed by atoms with Gasteiger partial charge >= 0.3 is 12.2 Å². The molecule has 0 unspecified atom stereocenters. The topological polar surface area (TPSA) is 77.5 Å². The standard InChI is InChI=1S/C29H32N2O6/c1-5-36-28(32)30(19-21-12-8-6-9-13-21)24-16-20(2)31(29(33)37-22-14-10-7-11-15-22)25-18-27(35-4)26(34-3)17-23(24)25/h6-15,17-18,20,24H,5,16,19H2,1-4H3/t20-,24+/m0/s1. The molecule has 0 radical (unpaired) electrons. The Bertz CT molecular complexity index is 1220. The first-order chi connectivity index (χ1) is 18.0. The average molecular weight is 505 g/mol. The molecule has 2 atom stereocenters. The highest BCUT2D eigenvalue weighted by Crippen LogP contribution is 2.46. The predicted molar refractivity (Wildman–Crippen MR) is 140 cm³/mol. The number of hydrogen-bond acceptors (Lipinski definition) is 6. The Morgan fingerprint density at radius 1 is 0.946 bits per heavy atom. The summed E-state index contributed by atoms with van der Waals surface area (Å²) in [5.74, 6) is 1.42. The normalized spacial score (nSPS) is 16.4. The molecule has 3 aromatic carbocycles. The second-order valence-corrected chi connectivity index (χ2v) is 8.73. The van der Waals surface area contributed by atoms with E-state index in [0.29, 0.717) is 35.9 Å². The Morgan fingerprint density at radius 3 is 2.19 bits per heavy atom. The molecule has 37 heavy (non-hydrogen) atoms. The fourth-order valence-corrected chi connectivity index (χ4v) is 4.65. The van der Waals surface area contributed by atoms with Crippen LogP contribution in [0.25, 0.3) is 0 Å². The Kier molecular flexibility index (Phi) is 8.18. The van der Waals surface area contributed by atoms with E-state index < -0.39 is 12.2 Å². The lowest BCUT2D eigenvalue weighted by molar-refractivity contribution is 0.0813. The van der Waals surface area contributed by atoms with Crippen molar-refractivity contribution in [1.82, 2.24) is 4.90 Å². The summed E-state index contributed by atoms with van der Waals surface area (Å²) < 4.78 is 22.3. The number of carbonyl (C=O) groups excluding carboxylic acids is 2. The lowest BCUT2D eigenvalue weighted by atomic mass is 9.90. The van der Waals surface area contributed by atoms with Gasteiger partial charge in [-0.15, -0.1) is 0 Å². The molecule has 1 aliphatic rings. The van der Waals surface area contributed by atoms with Crippen LogP contribution in [0.5, 0.6) is 17.2 Å². The van der Waals surface area contributed by atoms with Gasteiger partial charge in [-0.25, -0.2) is 9.59 Å². The van der Waals surface area contributed by atoms with Crippen molar-refractivity contribution < 1.29 is 28.5 Å². The van der Waals surface area contributed by atoms with Crippen LogP contribution in [0.15, 0.2) is 72.8 Å². The van der Waals surface area contributed by atoms with Gasteiger partial charge in [-0.2, -0.15) is 0 Å². The molecule has 194 valence electrons. The number of fused-ring (bicyclic) bond motifs is 1. The van der Waals surface area contributed by atoms with E-state index in [4.69, 9.17) is 18.9 Å². The summed E-state index contributed by atoms with van der Waals surface area (Å²) >= 11 is 0. The van der Waals surface area contributed by atoms with Gasteiger partial charge in [0.15, 0.2) is 11.5 Å². The van der Waals surface area contributed by atoms with Crippen LogP contribution in [0, 0.1) is 0 Å². The average Bonchev–Trinajstić information content (AvgIpc) is 2.91. The molecule has 0 bridgehead atoms. The van der Waals surface area contributed by atoms with Gasteiger partial charge in [0.25, 0.3) is 0 Å². The predicted octanol–water partition coefficient (Wildman–Crippen LogP) is 6.20. The van der Waals surface area contributed by atoms with Crippen LogP contribution in [0.4, 0.5) is 15.3 Å². The summed E-state index contributed by atoms with van der Waals surface area (Å²) in [4.78, 5) is 30.0. The molecule has 4 rings (SSSR count). The molecule has 0 saturated heterocycles. The largest absolute Gasteiger partial charge is 0.493 e. The van der Waals surface area contributed by atoms with Gasteiger partial charge in [0.05, 0.1) is 32.6 Å². The van der Waals surface area contributed by atoms with Crippen LogP contribution in [0.1, 0.15) is 37.4 Å². The third kappa shape index (κ3) is 5.63. The van der Waals surface area contributed by atoms with Crippen molar-refractivity contribution in [1.29, 1.82) is 0 Å². The van der Waals surface area contributed by atoms with Gasteiger partial charge in [0.1, 0.15) is 5.75 Å². The van der Waals surface area contributed by atoms with Crippen molar-refractivity contribution >= 4 is 17.9 Å². The SMILES string of the molecule is CCOC(=O)N(Cc1ccccc1)[C@@H]1C[C@H](C)N(C(=O)Oc2ccccc2)c2cc(OC)c(OC)cc21. The van der Waals surface area contributed by atoms with E-state index in [1.807, 2.05) is 49.4 Å². The Balaban J connectivity index is 1.79. The van der Waals surface area contributed by atoms with Crippen LogP contribution in [-0.2, 0) is 11.3 Å². The molecular formula is C29H32N2O6. The minimum Gasteiger partial charge on any atom is -0.493 e. The number of carbonyl (C=O) groups is 2. The zero-order valence-corrected chi connectivity index (χ0v) is 21.5. The monoisotopic (exact) mass is 504 g/mol. The summed E-state index contributed by atoms with van der Waals surface area (Å²) in [5, 5.41) is 0. The first kappa shape index (κ1) is 25.9. The molecule has 0 fully saturated rings. The highest BCUT2D eigenvalue weighted by Gasteiger charge is 2.40. The van der Waals surface area contributed by atoms with Crippen molar-refractivity contribution in [2.24, 2.45) is 0 Å². The van der Waals surface area contributed by atoms with Crippen LogP contribution in [0.3, 0.4) is 0 Å². The molecule has 0 aromatic heterocycles. The number of benzene rings is 3. The van der Waals surface area contributed by atoms with Crippen LogP contribution >= 0.6 is 0 Å². The van der Waals surface area contributed by atoms with Crippen molar-refractivity contribution in [3.8, 4) is 17.2 Å². The van der Waals surface area contributed by atoms with Crippen molar-refractivity contribution in [3.05, 3.63) is 83.9 Å². The third-order valence-electron chi connectivity index (χ3n) is 6.38. The summed E-state index contributed by atoms with van der Waals surface area (Å²) in [6, 6.07) is 21.6. The molecule has 0 N–H and O–H groups in total. The Labute approximate surface area is 217 Å². The quantitative estimate of drug-likeness (QED) is 0.381. The smallest absolute Gasteiger partial charge is 0.420 e. The molecule has 0 aliphatic carbocycles. The summed E-state index contributed by atoms with van der Waals surface area (Å²) in [7, 11) is 3.10. The Morgan fingerprint density at radius 2 is 1.57 bits per heavy atom. The summed E-state index contributed by atoms with van der Waals surface area (Å²) in [6.07, 6.45) is -0.473. The first-order valence-electron chi connectivity index (χ1n) is 12.3. The van der Waals surface area contributed by atoms with E-state index in [1.54, 1.807) is 61.3 Å². The number of para-hydroxylation sites is 1. The number of methoxy groups -OCH3 is 2. The van der Waals surface area contributed by atoms with Crippen molar-refractivity contribution in [3.63, 3.8) is 0 Å². The van der Waals surface area contributed by atoms with Crippen LogP contribution in [0.2, 0.25) is 0 Å². The lowest BCUT2D eigenvalue weighted by Gasteiger charge is -2.42. The molecule has 1 heterocycles. The van der Waals surface area contributed by atoms with Gasteiger partial charge in [-0.05, 0) is 44.0 Å². The van der Waals surface area contributed by atoms with Crippen molar-refractivity contribution in [2.45, 2.75) is 38.9 Å². The van der Waals surface area contributed by atoms with Gasteiger partial charge in [-0.1, -0.05) is 48.5 Å². The highest BCUT2D eigenvalue weighted by atomic mass is 16.6. The van der Waals surface area contributed by atoms with E-state index in [2.05, 4.69) is 0 Å². The number of nitrogens with zero attached hydrogens (tertiary/aromatic N) is 2. The second kappa shape index (κ2) is 11.7. The molecular weight excluding hydrogens is 472 g/mol. The molecule has 0 saturated carbocycles. The maximum absolute atomic E-state index is 13.4. The second-order valence-electron chi connectivity index (χ2n) is 8.73. The zero-order chi connectivity index (χ0) is 26.4. The Hall–Kier alpha value is -4.20. The van der Waals surface area contributed by atoms with E-state index in [9.17, 15) is 9.59 Å².